The maximum absolute atomic E-state index is 14.9. The summed E-state index contributed by atoms with van der Waals surface area (Å²) in [6.45, 7) is 10.8. The molecule has 5 N–H and O–H groups in total. The molecule has 0 aromatic carbocycles. The van der Waals surface area contributed by atoms with Crippen molar-refractivity contribution < 1.29 is 48.0 Å². The summed E-state index contributed by atoms with van der Waals surface area (Å²) in [5.74, 6) is -5.51. The van der Waals surface area contributed by atoms with Crippen LogP contribution in [-0.4, -0.2) is 81.3 Å². The topological polar surface area (TPSA) is 207 Å². The molecule has 0 saturated carbocycles. The van der Waals surface area contributed by atoms with Crippen molar-refractivity contribution in [1.29, 1.82) is 0 Å². The highest BCUT2D eigenvalue weighted by Gasteiger charge is 2.45. The largest absolute Gasteiger partial charge is 0.481 e. The number of alkyl carbamates (subject to hydrolysis) is 1. The van der Waals surface area contributed by atoms with Gasteiger partial charge in [0.25, 0.3) is 0 Å². The number of carboxylic acid groups (broad SMARTS) is 2. The van der Waals surface area contributed by atoms with Gasteiger partial charge in [0.1, 0.15) is 24.6 Å². The van der Waals surface area contributed by atoms with Crippen molar-refractivity contribution in [1.82, 2.24) is 20.2 Å². The smallest absolute Gasteiger partial charge is 0.408 e. The van der Waals surface area contributed by atoms with Gasteiger partial charge in [-0.15, -0.1) is 0 Å². The first-order valence-corrected chi connectivity index (χ1v) is 14.4. The molecule has 44 heavy (non-hydrogen) atoms. The molecule has 0 spiro atoms. The molecule has 2 heterocycles. The summed E-state index contributed by atoms with van der Waals surface area (Å²) < 4.78 is 32.0. The van der Waals surface area contributed by atoms with Crippen molar-refractivity contribution in [3.8, 4) is 0 Å². The minimum atomic E-state index is -1.21. The Morgan fingerprint density at radius 3 is 2.36 bits per heavy atom. The van der Waals surface area contributed by atoms with E-state index in [2.05, 4.69) is 20.9 Å². The highest BCUT2D eigenvalue weighted by atomic mass is 19.1. The highest BCUT2D eigenvalue weighted by molar-refractivity contribution is 5.85. The number of nitrogens with zero attached hydrogens (tertiary/aromatic N) is 2. The Kier molecular flexibility index (Phi) is 13.5. The van der Waals surface area contributed by atoms with Gasteiger partial charge in [0.15, 0.2) is 11.6 Å². The van der Waals surface area contributed by atoms with Crippen molar-refractivity contribution in [2.75, 3.05) is 25.2 Å². The molecule has 1 aromatic rings. The van der Waals surface area contributed by atoms with Crippen molar-refractivity contribution >= 4 is 29.8 Å². The Bertz CT molecular complexity index is 1220. The Labute approximate surface area is 254 Å². The van der Waals surface area contributed by atoms with Crippen LogP contribution in [0.4, 0.5) is 15.0 Å². The summed E-state index contributed by atoms with van der Waals surface area (Å²) in [7, 11) is 0. The summed E-state index contributed by atoms with van der Waals surface area (Å²) in [5.41, 5.74) is -1.62. The number of ether oxygens (including phenoxy) is 3. The number of aromatic nitrogens is 2. The monoisotopic (exact) mass is 629 g/mol. The number of halogens is 1. The second kappa shape index (κ2) is 16.3. The van der Waals surface area contributed by atoms with E-state index >= 15 is 0 Å². The van der Waals surface area contributed by atoms with Crippen LogP contribution in [-0.2, 0) is 28.6 Å². The minimum absolute atomic E-state index is 0.139. The number of amides is 2. The van der Waals surface area contributed by atoms with Gasteiger partial charge < -0.3 is 40.4 Å². The van der Waals surface area contributed by atoms with Crippen LogP contribution in [0.5, 0.6) is 0 Å². The van der Waals surface area contributed by atoms with Crippen molar-refractivity contribution in [3.05, 3.63) is 22.5 Å². The molecule has 0 unspecified atom stereocenters. The van der Waals surface area contributed by atoms with Crippen LogP contribution in [0.25, 0.3) is 0 Å². The first kappa shape index (κ1) is 36.4. The van der Waals surface area contributed by atoms with Gasteiger partial charge in [-0.2, -0.15) is 4.98 Å². The number of aliphatic carboxylic acids is 2. The van der Waals surface area contributed by atoms with Crippen LogP contribution in [0.2, 0.25) is 0 Å². The molecular formula is C28H44FN5O10. The first-order chi connectivity index (χ1) is 20.5. The molecule has 1 saturated heterocycles. The van der Waals surface area contributed by atoms with E-state index in [1.54, 1.807) is 27.7 Å². The van der Waals surface area contributed by atoms with Gasteiger partial charge in [-0.25, -0.2) is 14.0 Å². The lowest BCUT2D eigenvalue weighted by Crippen LogP contribution is -2.49. The van der Waals surface area contributed by atoms with Crippen LogP contribution in [0, 0.1) is 23.6 Å². The van der Waals surface area contributed by atoms with Crippen LogP contribution < -0.4 is 21.6 Å². The number of hydrogen-bond donors (Lipinski definition) is 5. The zero-order valence-electron chi connectivity index (χ0n) is 25.9. The van der Waals surface area contributed by atoms with Crippen molar-refractivity contribution in [2.24, 2.45) is 17.8 Å². The summed E-state index contributed by atoms with van der Waals surface area (Å²) in [4.78, 5) is 63.9. The second-order valence-electron chi connectivity index (χ2n) is 12.1. The third-order valence-electron chi connectivity index (χ3n) is 6.70. The van der Waals surface area contributed by atoms with E-state index in [0.717, 1.165) is 10.8 Å². The molecule has 16 heteroatoms. The number of nitrogens with one attached hydrogen (secondary N) is 3. The van der Waals surface area contributed by atoms with Crippen LogP contribution in [0.1, 0.15) is 73.5 Å². The summed E-state index contributed by atoms with van der Waals surface area (Å²) in [6, 6.07) is -0.774. The molecule has 1 aliphatic rings. The minimum Gasteiger partial charge on any atom is -0.481 e. The van der Waals surface area contributed by atoms with E-state index in [-0.39, 0.29) is 38.1 Å². The normalized spacial score (nSPS) is 20.6. The maximum atomic E-state index is 14.9. The van der Waals surface area contributed by atoms with E-state index in [1.165, 1.54) is 0 Å². The predicted molar refractivity (Wildman–Crippen MR) is 154 cm³/mol. The van der Waals surface area contributed by atoms with E-state index in [0.29, 0.717) is 12.8 Å². The summed E-state index contributed by atoms with van der Waals surface area (Å²) in [5, 5.41) is 26.4. The van der Waals surface area contributed by atoms with Crippen molar-refractivity contribution in [3.63, 3.8) is 0 Å². The zero-order chi connectivity index (χ0) is 33.2. The number of anilines is 1. The third kappa shape index (κ3) is 11.7. The molecular weight excluding hydrogens is 585 g/mol. The number of rotatable bonds is 16. The lowest BCUT2D eigenvalue weighted by Gasteiger charge is -2.24. The van der Waals surface area contributed by atoms with Gasteiger partial charge >= 0.3 is 23.7 Å². The van der Waals surface area contributed by atoms with Gasteiger partial charge in [0.2, 0.25) is 5.91 Å². The average Bonchev–Trinajstić information content (AvgIpc) is 3.16. The Balaban J connectivity index is 1.88. The lowest BCUT2D eigenvalue weighted by atomic mass is 9.84. The Morgan fingerprint density at radius 2 is 1.77 bits per heavy atom. The van der Waals surface area contributed by atoms with E-state index < -0.39 is 77.6 Å². The van der Waals surface area contributed by atoms with E-state index in [4.69, 9.17) is 14.2 Å². The zero-order valence-corrected chi connectivity index (χ0v) is 25.9. The molecule has 1 aliphatic heterocycles. The highest BCUT2D eigenvalue weighted by Crippen LogP contribution is 2.42. The van der Waals surface area contributed by atoms with Crippen LogP contribution >= 0.6 is 0 Å². The molecule has 2 rings (SSSR count). The van der Waals surface area contributed by atoms with E-state index in [9.17, 15) is 38.6 Å². The van der Waals surface area contributed by atoms with Gasteiger partial charge in [-0.1, -0.05) is 13.8 Å². The molecule has 1 aromatic heterocycles. The third-order valence-corrected chi connectivity index (χ3v) is 6.70. The molecule has 0 bridgehead atoms. The molecule has 15 nitrogen and oxygen atoms in total. The fourth-order valence-corrected chi connectivity index (χ4v) is 4.83. The molecule has 0 radical (unpaired) electrons. The second-order valence-corrected chi connectivity index (χ2v) is 12.1. The summed E-state index contributed by atoms with van der Waals surface area (Å²) >= 11 is 0. The Morgan fingerprint density at radius 1 is 1.14 bits per heavy atom. The predicted octanol–water partition coefficient (Wildman–Crippen LogP) is 2.31. The van der Waals surface area contributed by atoms with Gasteiger partial charge in [-0.3, -0.25) is 19.0 Å². The van der Waals surface area contributed by atoms with Gasteiger partial charge in [0.05, 0.1) is 31.7 Å². The molecule has 2 amide bonds. The molecule has 5 atom stereocenters. The lowest BCUT2D eigenvalue weighted by molar-refractivity contribution is -0.142. The standard InChI is InChI=1S/C28H44FN5O10/c1-15(2)10-20(32-27(41)44-28(4,5)6)24(39)30-8-7-9-42-14-31-23-19(29)13-34(26(40)33-23)25-18(12-22(37)38)17(11-21(35)36)16(3)43-25/h13,15-18,20,25H,7-12,14H2,1-6H3,(H,30,39)(H,32,41)(H,35,36)(H,37,38)(H,31,33,40)/t16-,17+,18-,20+,25-/m1/s1. The average molecular weight is 630 g/mol. The number of hydrogen-bond acceptors (Lipinski definition) is 10. The quantitative estimate of drug-likeness (QED) is 0.132. The molecule has 248 valence electrons. The molecule has 0 aliphatic carbocycles. The fourth-order valence-electron chi connectivity index (χ4n) is 4.83. The van der Waals surface area contributed by atoms with Crippen molar-refractivity contribution in [2.45, 2.75) is 91.2 Å². The SMILES string of the molecule is CC(C)C[C@H](NC(=O)OC(C)(C)C)C(=O)NCCCOCNc1nc(=O)n([C@@H]2O[C@H](C)[C@H](CC(=O)O)[C@H]2CC(=O)O)cc1F. The number of carboxylic acids is 2. The van der Waals surface area contributed by atoms with Gasteiger partial charge in [-0.05, 0) is 46.5 Å². The first-order valence-electron chi connectivity index (χ1n) is 14.4. The van der Waals surface area contributed by atoms with E-state index in [1.807, 2.05) is 13.8 Å². The number of carbonyl (C=O) groups is 4. The fraction of sp³-hybridized carbons (Fsp3) is 0.714. The summed E-state index contributed by atoms with van der Waals surface area (Å²) in [6.07, 6.45) is -1.79. The molecule has 1 fully saturated rings. The number of carbonyl (C=O) groups excluding carboxylic acids is 2. The van der Waals surface area contributed by atoms with Crippen LogP contribution in [0.15, 0.2) is 11.0 Å². The van der Waals surface area contributed by atoms with Gasteiger partial charge in [0, 0.05) is 18.4 Å². The Hall–Kier alpha value is -3.79. The maximum Gasteiger partial charge on any atom is 0.408 e. The van der Waals surface area contributed by atoms with Crippen LogP contribution in [0.3, 0.4) is 0 Å².